The molecule has 50 valence electrons. The Morgan fingerprint density at radius 2 is 2.67 bits per heavy atom. The molecule has 1 heterocycles. The van der Waals surface area contributed by atoms with E-state index in [0.717, 1.165) is 5.84 Å². The number of halogens is 1. The van der Waals surface area contributed by atoms with E-state index in [2.05, 4.69) is 10.3 Å². The molecule has 1 N–H and O–H groups in total. The van der Waals surface area contributed by atoms with Gasteiger partial charge in [-0.25, -0.2) is 4.39 Å². The average molecular weight is 128 g/mol. The second-order valence-corrected chi connectivity index (χ2v) is 1.86. The summed E-state index contributed by atoms with van der Waals surface area (Å²) in [5, 5.41) is 2.81. The van der Waals surface area contributed by atoms with Gasteiger partial charge in [-0.15, -0.1) is 0 Å². The van der Waals surface area contributed by atoms with Gasteiger partial charge in [0.25, 0.3) is 0 Å². The van der Waals surface area contributed by atoms with Gasteiger partial charge in [0.2, 0.25) is 0 Å². The molecule has 0 aromatic rings. The Labute approximate surface area is 53.5 Å². The summed E-state index contributed by atoms with van der Waals surface area (Å²) in [6, 6.07) is 0. The molecule has 0 saturated carbocycles. The molecule has 2 nitrogen and oxygen atoms in total. The Morgan fingerprint density at radius 3 is 3.11 bits per heavy atom. The molecule has 0 bridgehead atoms. The zero-order chi connectivity index (χ0) is 6.69. The van der Waals surface area contributed by atoms with Crippen molar-refractivity contribution in [2.24, 2.45) is 4.99 Å². The minimum atomic E-state index is -0.851. The quantitative estimate of drug-likeness (QED) is 0.505. The predicted molar refractivity (Wildman–Crippen MR) is 35.4 cm³/mol. The summed E-state index contributed by atoms with van der Waals surface area (Å²) in [5.74, 6) is 0.754. The van der Waals surface area contributed by atoms with Crippen LogP contribution in [0.2, 0.25) is 0 Å². The van der Waals surface area contributed by atoms with E-state index in [-0.39, 0.29) is 0 Å². The zero-order valence-electron chi connectivity index (χ0n) is 5.26. The first-order valence-corrected chi connectivity index (χ1v) is 2.86. The third kappa shape index (κ3) is 1.52. The van der Waals surface area contributed by atoms with Gasteiger partial charge in [-0.1, -0.05) is 0 Å². The van der Waals surface area contributed by atoms with Crippen molar-refractivity contribution < 1.29 is 4.39 Å². The monoisotopic (exact) mass is 128 g/mol. The minimum absolute atomic E-state index is 0.350. The Kier molecular flexibility index (Phi) is 1.82. The molecule has 9 heavy (non-hydrogen) atoms. The third-order valence-corrected chi connectivity index (χ3v) is 1.18. The maximum absolute atomic E-state index is 12.3. The maximum atomic E-state index is 12.3. The number of amidine groups is 1. The second-order valence-electron chi connectivity index (χ2n) is 1.86. The van der Waals surface area contributed by atoms with Gasteiger partial charge in [-0.2, -0.15) is 0 Å². The highest BCUT2D eigenvalue weighted by Crippen LogP contribution is 1.96. The lowest BCUT2D eigenvalue weighted by molar-refractivity contribution is 0.393. The van der Waals surface area contributed by atoms with Crippen LogP contribution >= 0.6 is 0 Å². The van der Waals surface area contributed by atoms with Crippen LogP contribution in [0.1, 0.15) is 0 Å². The molecular weight excluding hydrogens is 119 g/mol. The van der Waals surface area contributed by atoms with Crippen LogP contribution in [0.15, 0.2) is 17.1 Å². The number of hydrogen-bond acceptors (Lipinski definition) is 1. The van der Waals surface area contributed by atoms with Crippen molar-refractivity contribution in [3.05, 3.63) is 12.2 Å². The van der Waals surface area contributed by atoms with Crippen LogP contribution in [-0.4, -0.2) is 25.6 Å². The molecule has 0 radical (unpaired) electrons. The van der Waals surface area contributed by atoms with Crippen molar-refractivity contribution in [1.82, 2.24) is 5.32 Å². The third-order valence-electron chi connectivity index (χ3n) is 1.18. The molecule has 0 saturated heterocycles. The number of rotatable bonds is 0. The van der Waals surface area contributed by atoms with Gasteiger partial charge in [-0.05, 0) is 12.2 Å². The molecule has 3 heteroatoms. The van der Waals surface area contributed by atoms with Gasteiger partial charge in [0, 0.05) is 7.05 Å². The van der Waals surface area contributed by atoms with E-state index in [1.165, 1.54) is 6.08 Å². The van der Waals surface area contributed by atoms with Crippen molar-refractivity contribution in [2.45, 2.75) is 6.17 Å². The van der Waals surface area contributed by atoms with Gasteiger partial charge in [0.05, 0.1) is 6.54 Å². The standard InChI is InChI=1S/C6H9FN2/c1-8-6-3-2-5(7)4-9-6/h2-3,5H,4H2,1H3,(H,8,9). The van der Waals surface area contributed by atoms with Crippen molar-refractivity contribution in [3.63, 3.8) is 0 Å². The lowest BCUT2D eigenvalue weighted by Gasteiger charge is -2.11. The van der Waals surface area contributed by atoms with Gasteiger partial charge in [0.15, 0.2) is 0 Å². The summed E-state index contributed by atoms with van der Waals surface area (Å²) in [6.07, 6.45) is 2.29. The first kappa shape index (κ1) is 6.26. The Hall–Kier alpha value is -0.860. The predicted octanol–water partition coefficient (Wildman–Crippen LogP) is 0.512. The summed E-state index contributed by atoms with van der Waals surface area (Å²) < 4.78 is 12.3. The maximum Gasteiger partial charge on any atom is 0.136 e. The van der Waals surface area contributed by atoms with Gasteiger partial charge >= 0.3 is 0 Å². The lowest BCUT2D eigenvalue weighted by atomic mass is 10.2. The molecule has 1 aliphatic rings. The van der Waals surface area contributed by atoms with Crippen LogP contribution in [0.25, 0.3) is 0 Å². The van der Waals surface area contributed by atoms with E-state index in [1.54, 1.807) is 13.1 Å². The molecule has 0 aliphatic carbocycles. The highest BCUT2D eigenvalue weighted by molar-refractivity contribution is 5.93. The molecule has 1 atom stereocenters. The number of alkyl halides is 1. The SMILES string of the molecule is CN=C1C=CC(F)CN1. The number of nitrogens with zero attached hydrogens (tertiary/aromatic N) is 1. The molecule has 0 spiro atoms. The fourth-order valence-electron chi connectivity index (χ4n) is 0.678. The molecular formula is C6H9FN2. The topological polar surface area (TPSA) is 24.4 Å². The molecule has 0 amide bonds. The molecule has 0 aromatic heterocycles. The van der Waals surface area contributed by atoms with Crippen molar-refractivity contribution in [1.29, 1.82) is 0 Å². The van der Waals surface area contributed by atoms with Crippen molar-refractivity contribution in [2.75, 3.05) is 13.6 Å². The summed E-state index contributed by atoms with van der Waals surface area (Å²) >= 11 is 0. The van der Waals surface area contributed by atoms with Crippen LogP contribution < -0.4 is 5.32 Å². The van der Waals surface area contributed by atoms with Crippen molar-refractivity contribution in [3.8, 4) is 0 Å². The Balaban J connectivity index is 2.58. The molecule has 1 unspecified atom stereocenters. The minimum Gasteiger partial charge on any atom is -0.367 e. The molecule has 1 rings (SSSR count). The molecule has 0 aromatic carbocycles. The van der Waals surface area contributed by atoms with E-state index < -0.39 is 6.17 Å². The molecule has 0 fully saturated rings. The van der Waals surface area contributed by atoms with E-state index in [9.17, 15) is 4.39 Å². The van der Waals surface area contributed by atoms with Gasteiger partial charge in [0.1, 0.15) is 12.0 Å². The van der Waals surface area contributed by atoms with Crippen LogP contribution in [0.5, 0.6) is 0 Å². The fraction of sp³-hybridized carbons (Fsp3) is 0.500. The average Bonchev–Trinajstić information content (AvgIpc) is 1.90. The van der Waals surface area contributed by atoms with Crippen LogP contribution in [0.3, 0.4) is 0 Å². The molecule has 1 aliphatic heterocycles. The summed E-state index contributed by atoms with van der Waals surface area (Å²) in [6.45, 7) is 0.350. The van der Waals surface area contributed by atoms with Crippen LogP contribution in [0.4, 0.5) is 4.39 Å². The normalized spacial score (nSPS) is 30.4. The first-order valence-electron chi connectivity index (χ1n) is 2.86. The summed E-state index contributed by atoms with van der Waals surface area (Å²) in [7, 11) is 1.67. The zero-order valence-corrected chi connectivity index (χ0v) is 5.26. The number of aliphatic imine (C=N–C) groups is 1. The van der Waals surface area contributed by atoms with E-state index in [4.69, 9.17) is 0 Å². The van der Waals surface area contributed by atoms with Crippen molar-refractivity contribution >= 4 is 5.84 Å². The Bertz CT molecular complexity index is 151. The number of nitrogens with one attached hydrogen (secondary N) is 1. The summed E-state index contributed by atoms with van der Waals surface area (Å²) in [5.41, 5.74) is 0. The van der Waals surface area contributed by atoms with Crippen LogP contribution in [0, 0.1) is 0 Å². The van der Waals surface area contributed by atoms with E-state index >= 15 is 0 Å². The van der Waals surface area contributed by atoms with E-state index in [0.29, 0.717) is 6.54 Å². The van der Waals surface area contributed by atoms with Gasteiger partial charge < -0.3 is 5.32 Å². The fourth-order valence-corrected chi connectivity index (χ4v) is 0.678. The van der Waals surface area contributed by atoms with Crippen LogP contribution in [-0.2, 0) is 0 Å². The Morgan fingerprint density at radius 1 is 1.89 bits per heavy atom. The second kappa shape index (κ2) is 2.62. The van der Waals surface area contributed by atoms with E-state index in [1.807, 2.05) is 0 Å². The lowest BCUT2D eigenvalue weighted by Crippen LogP contribution is -2.31. The summed E-state index contributed by atoms with van der Waals surface area (Å²) in [4.78, 5) is 3.83. The largest absolute Gasteiger partial charge is 0.367 e. The highest BCUT2D eigenvalue weighted by Gasteiger charge is 2.06. The highest BCUT2D eigenvalue weighted by atomic mass is 19.1. The smallest absolute Gasteiger partial charge is 0.136 e. The first-order chi connectivity index (χ1) is 4.33. The number of hydrogen-bond donors (Lipinski definition) is 1. The van der Waals surface area contributed by atoms with Gasteiger partial charge in [-0.3, -0.25) is 4.99 Å².